The highest BCUT2D eigenvalue weighted by molar-refractivity contribution is 5.79. The van der Waals surface area contributed by atoms with Crippen molar-refractivity contribution in [3.05, 3.63) is 0 Å². The van der Waals surface area contributed by atoms with Gasteiger partial charge in [0.15, 0.2) is 0 Å². The molecular weight excluding hydrogens is 168 g/mol. The summed E-state index contributed by atoms with van der Waals surface area (Å²) >= 11 is 0. The van der Waals surface area contributed by atoms with E-state index in [1.54, 1.807) is 6.92 Å². The van der Waals surface area contributed by atoms with Gasteiger partial charge < -0.3 is 10.4 Å². The third-order valence-corrected chi connectivity index (χ3v) is 1.28. The largest absolute Gasteiger partial charge is 0.393 e. The molecular formula is C7H13F2NO2. The standard InChI is InChI=1S/C7H13F2NO2/c1-4(3-5(2)11)10-7(12)6(8)9/h4-6,11H,3H2,1-2H3,(H,10,12). The molecule has 0 bridgehead atoms. The van der Waals surface area contributed by atoms with Crippen LogP contribution in [0.25, 0.3) is 0 Å². The molecule has 72 valence electrons. The summed E-state index contributed by atoms with van der Waals surface area (Å²) in [5.41, 5.74) is 0. The first-order valence-electron chi connectivity index (χ1n) is 3.70. The monoisotopic (exact) mass is 181 g/mol. The molecule has 0 aromatic carbocycles. The maximum absolute atomic E-state index is 11.7. The number of halogens is 2. The lowest BCUT2D eigenvalue weighted by Gasteiger charge is -2.14. The summed E-state index contributed by atoms with van der Waals surface area (Å²) in [7, 11) is 0. The summed E-state index contributed by atoms with van der Waals surface area (Å²) < 4.78 is 23.3. The Morgan fingerprint density at radius 2 is 2.00 bits per heavy atom. The van der Waals surface area contributed by atoms with Gasteiger partial charge in [-0.2, -0.15) is 8.78 Å². The van der Waals surface area contributed by atoms with Crippen LogP contribution >= 0.6 is 0 Å². The zero-order valence-corrected chi connectivity index (χ0v) is 7.05. The molecule has 0 spiro atoms. The maximum Gasteiger partial charge on any atom is 0.315 e. The van der Waals surface area contributed by atoms with E-state index in [2.05, 4.69) is 5.32 Å². The van der Waals surface area contributed by atoms with Crippen LogP contribution in [-0.2, 0) is 4.79 Å². The first-order chi connectivity index (χ1) is 5.43. The first-order valence-corrected chi connectivity index (χ1v) is 3.70. The fraction of sp³-hybridized carbons (Fsp3) is 0.857. The zero-order chi connectivity index (χ0) is 9.72. The van der Waals surface area contributed by atoms with E-state index in [9.17, 15) is 13.6 Å². The minimum atomic E-state index is -2.98. The van der Waals surface area contributed by atoms with E-state index < -0.39 is 24.5 Å². The van der Waals surface area contributed by atoms with Crippen molar-refractivity contribution in [1.82, 2.24) is 5.32 Å². The Morgan fingerprint density at radius 3 is 2.33 bits per heavy atom. The van der Waals surface area contributed by atoms with Gasteiger partial charge in [0, 0.05) is 6.04 Å². The highest BCUT2D eigenvalue weighted by Crippen LogP contribution is 1.98. The van der Waals surface area contributed by atoms with Gasteiger partial charge in [-0.15, -0.1) is 0 Å². The number of hydrogen-bond donors (Lipinski definition) is 2. The molecule has 0 aliphatic rings. The lowest BCUT2D eigenvalue weighted by atomic mass is 10.1. The van der Waals surface area contributed by atoms with Gasteiger partial charge in [-0.05, 0) is 20.3 Å². The third-order valence-electron chi connectivity index (χ3n) is 1.28. The van der Waals surface area contributed by atoms with Gasteiger partial charge in [0.2, 0.25) is 0 Å². The predicted molar refractivity (Wildman–Crippen MR) is 39.9 cm³/mol. The number of carbonyl (C=O) groups excluding carboxylic acids is 1. The van der Waals surface area contributed by atoms with Gasteiger partial charge in [-0.25, -0.2) is 0 Å². The highest BCUT2D eigenvalue weighted by Gasteiger charge is 2.17. The number of aliphatic hydroxyl groups is 1. The lowest BCUT2D eigenvalue weighted by molar-refractivity contribution is -0.132. The molecule has 0 saturated heterocycles. The van der Waals surface area contributed by atoms with E-state index in [1.807, 2.05) is 0 Å². The molecule has 0 heterocycles. The lowest BCUT2D eigenvalue weighted by Crippen LogP contribution is -2.38. The second-order valence-electron chi connectivity index (χ2n) is 2.80. The van der Waals surface area contributed by atoms with Crippen LogP contribution in [0.2, 0.25) is 0 Å². The van der Waals surface area contributed by atoms with E-state index in [-0.39, 0.29) is 6.42 Å². The SMILES string of the molecule is CC(O)CC(C)NC(=O)C(F)F. The van der Waals surface area contributed by atoms with Crippen molar-refractivity contribution in [2.45, 2.75) is 38.8 Å². The van der Waals surface area contributed by atoms with E-state index in [4.69, 9.17) is 5.11 Å². The van der Waals surface area contributed by atoms with Gasteiger partial charge in [0.1, 0.15) is 0 Å². The van der Waals surface area contributed by atoms with Crippen molar-refractivity contribution in [1.29, 1.82) is 0 Å². The van der Waals surface area contributed by atoms with Gasteiger partial charge in [0.05, 0.1) is 6.10 Å². The summed E-state index contributed by atoms with van der Waals surface area (Å²) in [6.45, 7) is 3.10. The molecule has 3 nitrogen and oxygen atoms in total. The van der Waals surface area contributed by atoms with Crippen LogP contribution < -0.4 is 5.32 Å². The average molecular weight is 181 g/mol. The highest BCUT2D eigenvalue weighted by atomic mass is 19.3. The number of amides is 1. The smallest absolute Gasteiger partial charge is 0.315 e. The van der Waals surface area contributed by atoms with Crippen LogP contribution in [0.3, 0.4) is 0 Å². The molecule has 2 unspecified atom stereocenters. The third kappa shape index (κ3) is 5.01. The van der Waals surface area contributed by atoms with Crippen molar-refractivity contribution in [2.24, 2.45) is 0 Å². The summed E-state index contributed by atoms with van der Waals surface area (Å²) in [5.74, 6) is -1.29. The number of aliphatic hydroxyl groups excluding tert-OH is 1. The summed E-state index contributed by atoms with van der Waals surface area (Å²) in [4.78, 5) is 10.4. The molecule has 12 heavy (non-hydrogen) atoms. The normalized spacial score (nSPS) is 15.8. The molecule has 0 radical (unpaired) electrons. The minimum absolute atomic E-state index is 0.276. The van der Waals surface area contributed by atoms with Crippen molar-refractivity contribution in [3.63, 3.8) is 0 Å². The van der Waals surface area contributed by atoms with Gasteiger partial charge in [0.25, 0.3) is 5.91 Å². The Balaban J connectivity index is 3.69. The quantitative estimate of drug-likeness (QED) is 0.664. The Morgan fingerprint density at radius 1 is 1.50 bits per heavy atom. The molecule has 5 heteroatoms. The van der Waals surface area contributed by atoms with Crippen molar-refractivity contribution in [3.8, 4) is 0 Å². The summed E-state index contributed by atoms with van der Waals surface area (Å²) in [6, 6.07) is -0.425. The van der Waals surface area contributed by atoms with Crippen LogP contribution in [0.4, 0.5) is 8.78 Å². The summed E-state index contributed by atoms with van der Waals surface area (Å²) in [5, 5.41) is 10.9. The maximum atomic E-state index is 11.7. The summed E-state index contributed by atoms with van der Waals surface area (Å²) in [6.07, 6.45) is -3.31. The molecule has 0 aliphatic heterocycles. The van der Waals surface area contributed by atoms with Crippen molar-refractivity contribution >= 4 is 5.91 Å². The number of carbonyl (C=O) groups is 1. The van der Waals surface area contributed by atoms with E-state index >= 15 is 0 Å². The molecule has 0 saturated carbocycles. The van der Waals surface area contributed by atoms with Crippen LogP contribution in [-0.4, -0.2) is 29.6 Å². The molecule has 0 aromatic rings. The second kappa shape index (κ2) is 5.03. The molecule has 1 amide bonds. The van der Waals surface area contributed by atoms with Crippen LogP contribution in [0.1, 0.15) is 20.3 Å². The molecule has 2 N–H and O–H groups in total. The van der Waals surface area contributed by atoms with E-state index in [0.29, 0.717) is 0 Å². The van der Waals surface area contributed by atoms with E-state index in [1.165, 1.54) is 6.92 Å². The number of alkyl halides is 2. The molecule has 0 aliphatic carbocycles. The fourth-order valence-electron chi connectivity index (χ4n) is 0.876. The van der Waals surface area contributed by atoms with Crippen LogP contribution in [0.5, 0.6) is 0 Å². The molecule has 2 atom stereocenters. The Bertz CT molecular complexity index is 150. The number of nitrogens with one attached hydrogen (secondary N) is 1. The zero-order valence-electron chi connectivity index (χ0n) is 7.05. The number of hydrogen-bond acceptors (Lipinski definition) is 2. The average Bonchev–Trinajstić information content (AvgIpc) is 1.84. The Labute approximate surface area is 69.8 Å². The van der Waals surface area contributed by atoms with Crippen LogP contribution in [0.15, 0.2) is 0 Å². The molecule has 0 aromatic heterocycles. The predicted octanol–water partition coefficient (Wildman–Crippen LogP) is 0.527. The van der Waals surface area contributed by atoms with Gasteiger partial charge in [-0.1, -0.05) is 0 Å². The Hall–Kier alpha value is -0.710. The minimum Gasteiger partial charge on any atom is -0.393 e. The van der Waals surface area contributed by atoms with Gasteiger partial charge >= 0.3 is 6.43 Å². The van der Waals surface area contributed by atoms with Crippen molar-refractivity contribution in [2.75, 3.05) is 0 Å². The van der Waals surface area contributed by atoms with Crippen molar-refractivity contribution < 1.29 is 18.7 Å². The van der Waals surface area contributed by atoms with E-state index in [0.717, 1.165) is 0 Å². The molecule has 0 rings (SSSR count). The fourth-order valence-corrected chi connectivity index (χ4v) is 0.876. The Kier molecular flexibility index (Phi) is 4.73. The first kappa shape index (κ1) is 11.3. The van der Waals surface area contributed by atoms with Gasteiger partial charge in [-0.3, -0.25) is 4.79 Å². The van der Waals surface area contributed by atoms with Crippen LogP contribution in [0, 0.1) is 0 Å². The second-order valence-corrected chi connectivity index (χ2v) is 2.80. The molecule has 0 fully saturated rings. The number of rotatable bonds is 4. The topological polar surface area (TPSA) is 49.3 Å².